The lowest BCUT2D eigenvalue weighted by Gasteiger charge is -2.09. The van der Waals surface area contributed by atoms with Crippen molar-refractivity contribution in [2.24, 2.45) is 5.10 Å². The molecule has 3 rings (SSSR count). The van der Waals surface area contributed by atoms with Gasteiger partial charge in [0.05, 0.1) is 21.9 Å². The molecule has 0 fully saturated rings. The second-order valence-electron chi connectivity index (χ2n) is 5.68. The van der Waals surface area contributed by atoms with Crippen LogP contribution in [0.5, 0.6) is 5.75 Å². The SMILES string of the molecule is O=C(N/N=C/c1cc(Br)cc(Br)c1OC(=O)c1ccco1)c1ccc([N+](=O)[O-])cc1. The first-order chi connectivity index (χ1) is 14.3. The molecular formula is C19H11Br2N3O6. The molecular weight excluding hydrogens is 526 g/mol. The number of hydrogen-bond acceptors (Lipinski definition) is 7. The summed E-state index contributed by atoms with van der Waals surface area (Å²) >= 11 is 6.66. The van der Waals surface area contributed by atoms with Crippen LogP contribution in [0.2, 0.25) is 0 Å². The van der Waals surface area contributed by atoms with Crippen molar-refractivity contribution >= 4 is 55.6 Å². The van der Waals surface area contributed by atoms with Gasteiger partial charge in [0, 0.05) is 27.7 Å². The number of ether oxygens (including phenoxy) is 1. The minimum Gasteiger partial charge on any atom is -0.457 e. The van der Waals surface area contributed by atoms with Crippen molar-refractivity contribution in [2.75, 3.05) is 0 Å². The molecule has 11 heteroatoms. The van der Waals surface area contributed by atoms with E-state index in [0.717, 1.165) is 0 Å². The molecule has 3 aromatic rings. The molecule has 0 atom stereocenters. The van der Waals surface area contributed by atoms with Gasteiger partial charge in [0.2, 0.25) is 5.76 Å². The highest BCUT2D eigenvalue weighted by atomic mass is 79.9. The molecule has 0 saturated heterocycles. The zero-order valence-electron chi connectivity index (χ0n) is 14.9. The first-order valence-corrected chi connectivity index (χ1v) is 9.76. The second kappa shape index (κ2) is 9.46. The summed E-state index contributed by atoms with van der Waals surface area (Å²) in [6, 6.07) is 11.4. The molecule has 0 aliphatic carbocycles. The van der Waals surface area contributed by atoms with Gasteiger partial charge >= 0.3 is 5.97 Å². The highest BCUT2D eigenvalue weighted by Gasteiger charge is 2.17. The largest absolute Gasteiger partial charge is 0.457 e. The van der Waals surface area contributed by atoms with E-state index in [1.165, 1.54) is 42.8 Å². The Morgan fingerprint density at radius 3 is 2.53 bits per heavy atom. The topological polar surface area (TPSA) is 124 Å². The summed E-state index contributed by atoms with van der Waals surface area (Å²) in [6.07, 6.45) is 2.65. The van der Waals surface area contributed by atoms with E-state index in [9.17, 15) is 19.7 Å². The normalized spacial score (nSPS) is 10.7. The quantitative estimate of drug-likeness (QED) is 0.160. The van der Waals surface area contributed by atoms with Crippen molar-refractivity contribution in [1.82, 2.24) is 5.43 Å². The number of carbonyl (C=O) groups is 2. The molecule has 1 N–H and O–H groups in total. The number of benzene rings is 2. The Morgan fingerprint density at radius 1 is 1.17 bits per heavy atom. The van der Waals surface area contributed by atoms with E-state index in [4.69, 9.17) is 9.15 Å². The van der Waals surface area contributed by atoms with Crippen molar-refractivity contribution in [3.63, 3.8) is 0 Å². The van der Waals surface area contributed by atoms with Gasteiger partial charge in [-0.05, 0) is 52.3 Å². The highest BCUT2D eigenvalue weighted by molar-refractivity contribution is 9.11. The summed E-state index contributed by atoms with van der Waals surface area (Å²) in [5.74, 6) is -1.07. The molecule has 0 aliphatic rings. The highest BCUT2D eigenvalue weighted by Crippen LogP contribution is 2.32. The Morgan fingerprint density at radius 2 is 1.90 bits per heavy atom. The van der Waals surface area contributed by atoms with E-state index in [2.05, 4.69) is 42.4 Å². The molecule has 1 aromatic heterocycles. The Labute approximate surface area is 186 Å². The molecule has 0 spiro atoms. The minimum atomic E-state index is -0.701. The number of nitrogens with zero attached hydrogens (tertiary/aromatic N) is 2. The number of carbonyl (C=O) groups excluding carboxylic acids is 2. The number of hydrogen-bond donors (Lipinski definition) is 1. The molecule has 152 valence electrons. The minimum absolute atomic E-state index is 0.0270. The molecule has 0 radical (unpaired) electrons. The van der Waals surface area contributed by atoms with Crippen molar-refractivity contribution in [3.05, 3.63) is 90.7 Å². The molecule has 0 saturated carbocycles. The third kappa shape index (κ3) is 5.19. The summed E-state index contributed by atoms with van der Waals surface area (Å²) in [4.78, 5) is 34.5. The monoisotopic (exact) mass is 535 g/mol. The number of nitro benzene ring substituents is 1. The standard InChI is InChI=1S/C19H11Br2N3O6/c20-13-8-12(17(15(21)9-13)30-19(26)16-2-1-7-29-16)10-22-23-18(25)11-3-5-14(6-4-11)24(27)28/h1-10H,(H,23,25)/b22-10+. The van der Waals surface area contributed by atoms with Crippen LogP contribution < -0.4 is 10.2 Å². The third-order valence-corrected chi connectivity index (χ3v) is 4.71. The average Bonchev–Trinajstić information content (AvgIpc) is 3.25. The number of nitro groups is 1. The van der Waals surface area contributed by atoms with E-state index < -0.39 is 16.8 Å². The zero-order valence-corrected chi connectivity index (χ0v) is 18.0. The average molecular weight is 537 g/mol. The van der Waals surface area contributed by atoms with E-state index in [1.54, 1.807) is 18.2 Å². The number of rotatable bonds is 6. The number of furan rings is 1. The molecule has 2 aromatic carbocycles. The number of esters is 1. The number of hydrazone groups is 1. The van der Waals surface area contributed by atoms with Crippen LogP contribution in [0.25, 0.3) is 0 Å². The van der Waals surface area contributed by atoms with Crippen molar-refractivity contribution < 1.29 is 23.7 Å². The smallest absolute Gasteiger partial charge is 0.379 e. The van der Waals surface area contributed by atoms with E-state index >= 15 is 0 Å². The Balaban J connectivity index is 1.76. The van der Waals surface area contributed by atoms with Crippen LogP contribution in [0, 0.1) is 10.1 Å². The van der Waals surface area contributed by atoms with Gasteiger partial charge in [-0.15, -0.1) is 0 Å². The summed E-state index contributed by atoms with van der Waals surface area (Å²) in [5.41, 5.74) is 2.77. The van der Waals surface area contributed by atoms with Gasteiger partial charge in [-0.25, -0.2) is 10.2 Å². The lowest BCUT2D eigenvalue weighted by atomic mass is 10.2. The third-order valence-electron chi connectivity index (χ3n) is 3.66. The van der Waals surface area contributed by atoms with Crippen LogP contribution in [-0.2, 0) is 0 Å². The summed E-state index contributed by atoms with van der Waals surface area (Å²) < 4.78 is 11.6. The van der Waals surface area contributed by atoms with Gasteiger partial charge in [-0.1, -0.05) is 15.9 Å². The fourth-order valence-electron chi connectivity index (χ4n) is 2.28. The maximum absolute atomic E-state index is 12.2. The molecule has 0 unspecified atom stereocenters. The van der Waals surface area contributed by atoms with E-state index in [0.29, 0.717) is 14.5 Å². The Hall–Kier alpha value is -3.31. The van der Waals surface area contributed by atoms with Gasteiger partial charge in [-0.3, -0.25) is 14.9 Å². The summed E-state index contributed by atoms with van der Waals surface area (Å²) in [6.45, 7) is 0. The molecule has 0 bridgehead atoms. The second-order valence-corrected chi connectivity index (χ2v) is 7.45. The number of amides is 1. The molecule has 0 aliphatic heterocycles. The van der Waals surface area contributed by atoms with Crippen LogP contribution >= 0.6 is 31.9 Å². The van der Waals surface area contributed by atoms with Crippen molar-refractivity contribution in [3.8, 4) is 5.75 Å². The number of nitrogens with one attached hydrogen (secondary N) is 1. The fourth-order valence-corrected chi connectivity index (χ4v) is 3.62. The lowest BCUT2D eigenvalue weighted by molar-refractivity contribution is -0.384. The zero-order chi connectivity index (χ0) is 21.7. The summed E-state index contributed by atoms with van der Waals surface area (Å²) in [5, 5.41) is 14.6. The molecule has 1 amide bonds. The van der Waals surface area contributed by atoms with Crippen LogP contribution in [0.15, 0.2) is 73.3 Å². The first-order valence-electron chi connectivity index (χ1n) is 8.17. The Bertz CT molecular complexity index is 1130. The van der Waals surface area contributed by atoms with Gasteiger partial charge in [0.25, 0.3) is 11.6 Å². The van der Waals surface area contributed by atoms with E-state index in [-0.39, 0.29) is 22.8 Å². The summed E-state index contributed by atoms with van der Waals surface area (Å²) in [7, 11) is 0. The van der Waals surface area contributed by atoms with Gasteiger partial charge in [0.15, 0.2) is 5.75 Å². The molecule has 1 heterocycles. The first kappa shape index (κ1) is 21.4. The van der Waals surface area contributed by atoms with Crippen LogP contribution in [-0.4, -0.2) is 23.0 Å². The predicted molar refractivity (Wildman–Crippen MR) is 114 cm³/mol. The Kier molecular flexibility index (Phi) is 6.75. The maximum Gasteiger partial charge on any atom is 0.379 e. The predicted octanol–water partition coefficient (Wildman–Crippen LogP) is 4.70. The van der Waals surface area contributed by atoms with E-state index in [1.807, 2.05) is 0 Å². The molecule has 30 heavy (non-hydrogen) atoms. The maximum atomic E-state index is 12.2. The van der Waals surface area contributed by atoms with Crippen LogP contribution in [0.4, 0.5) is 5.69 Å². The molecule has 9 nitrogen and oxygen atoms in total. The van der Waals surface area contributed by atoms with Gasteiger partial charge < -0.3 is 9.15 Å². The lowest BCUT2D eigenvalue weighted by Crippen LogP contribution is -2.17. The van der Waals surface area contributed by atoms with Crippen molar-refractivity contribution in [1.29, 1.82) is 0 Å². The van der Waals surface area contributed by atoms with Crippen LogP contribution in [0.3, 0.4) is 0 Å². The van der Waals surface area contributed by atoms with Crippen molar-refractivity contribution in [2.45, 2.75) is 0 Å². The number of halogens is 2. The number of non-ortho nitro benzene ring substituents is 1. The fraction of sp³-hybridized carbons (Fsp3) is 0. The van der Waals surface area contributed by atoms with Gasteiger partial charge in [-0.2, -0.15) is 5.10 Å². The van der Waals surface area contributed by atoms with Crippen LogP contribution in [0.1, 0.15) is 26.5 Å². The van der Waals surface area contributed by atoms with Gasteiger partial charge in [0.1, 0.15) is 0 Å².